The van der Waals surface area contributed by atoms with Gasteiger partial charge >= 0.3 is 0 Å². The minimum Gasteiger partial charge on any atom is -0.369 e. The molecule has 1 aliphatic rings. The lowest BCUT2D eigenvalue weighted by Crippen LogP contribution is -2.54. The normalized spacial score (nSPS) is 22.0. The molecule has 1 aromatic heterocycles. The molecule has 7 heteroatoms. The molecule has 158 valence electrons. The van der Waals surface area contributed by atoms with Gasteiger partial charge in [-0.1, -0.05) is 12.1 Å². The monoisotopic (exact) mass is 423 g/mol. The predicted molar refractivity (Wildman–Crippen MR) is 122 cm³/mol. The van der Waals surface area contributed by atoms with E-state index in [1.54, 1.807) is 24.5 Å². The van der Waals surface area contributed by atoms with Gasteiger partial charge in [0.25, 0.3) is 0 Å². The van der Waals surface area contributed by atoms with Crippen molar-refractivity contribution >= 4 is 23.2 Å². The average Bonchev–Trinajstić information content (AvgIpc) is 3.19. The highest BCUT2D eigenvalue weighted by molar-refractivity contribution is 7.10. The van der Waals surface area contributed by atoms with Gasteiger partial charge < -0.3 is 11.1 Å². The standard InChI is InChI=1S/C23H29N5OS/c1-22(2,3)26-10-9-18-20(29)28(5)21(25)27-23(18,4)19-12-17(14-30-19)16-8-6-7-15(11-16)13-24/h6-8,11-12,14,18,26H,9-10H2,1-5H3,(H2,25,27)/t18?,23-/m0/s1. The lowest BCUT2D eigenvalue weighted by molar-refractivity contribution is -0.134. The quantitative estimate of drug-likeness (QED) is 0.767. The number of benzene rings is 1. The number of aliphatic imine (C=N–C) groups is 1. The first kappa shape index (κ1) is 22.0. The zero-order valence-corrected chi connectivity index (χ0v) is 19.0. The summed E-state index contributed by atoms with van der Waals surface area (Å²) in [5, 5.41) is 14.7. The Morgan fingerprint density at radius 2 is 2.07 bits per heavy atom. The van der Waals surface area contributed by atoms with Crippen LogP contribution in [0.5, 0.6) is 0 Å². The fourth-order valence-electron chi connectivity index (χ4n) is 3.72. The van der Waals surface area contributed by atoms with Crippen LogP contribution in [-0.4, -0.2) is 35.9 Å². The maximum absolute atomic E-state index is 13.1. The number of nitrogens with zero attached hydrogens (tertiary/aromatic N) is 3. The Kier molecular flexibility index (Phi) is 6.02. The number of carbonyl (C=O) groups is 1. The zero-order chi connectivity index (χ0) is 22.1. The number of nitriles is 1. The number of thiophene rings is 1. The molecule has 0 radical (unpaired) electrons. The van der Waals surface area contributed by atoms with Crippen LogP contribution < -0.4 is 11.1 Å². The summed E-state index contributed by atoms with van der Waals surface area (Å²) in [7, 11) is 1.68. The van der Waals surface area contributed by atoms with Gasteiger partial charge in [-0.2, -0.15) is 5.26 Å². The highest BCUT2D eigenvalue weighted by Gasteiger charge is 2.46. The van der Waals surface area contributed by atoms with Crippen molar-refractivity contribution in [2.24, 2.45) is 16.6 Å². The summed E-state index contributed by atoms with van der Waals surface area (Å²) in [6, 6.07) is 11.8. The number of nitrogens with two attached hydrogens (primary N) is 1. The van der Waals surface area contributed by atoms with Crippen LogP contribution in [0.1, 0.15) is 44.6 Å². The molecule has 2 atom stereocenters. The van der Waals surface area contributed by atoms with Crippen molar-refractivity contribution in [3.8, 4) is 17.2 Å². The Balaban J connectivity index is 1.96. The third-order valence-electron chi connectivity index (χ3n) is 5.51. The Bertz CT molecular complexity index is 1010. The van der Waals surface area contributed by atoms with Crippen molar-refractivity contribution < 1.29 is 4.79 Å². The first-order chi connectivity index (χ1) is 14.0. The van der Waals surface area contributed by atoms with Crippen LogP contribution in [0.2, 0.25) is 0 Å². The smallest absolute Gasteiger partial charge is 0.235 e. The third kappa shape index (κ3) is 4.40. The molecule has 0 bridgehead atoms. The van der Waals surface area contributed by atoms with Crippen molar-refractivity contribution in [1.82, 2.24) is 10.2 Å². The zero-order valence-electron chi connectivity index (χ0n) is 18.2. The largest absolute Gasteiger partial charge is 0.369 e. The predicted octanol–water partition coefficient (Wildman–Crippen LogP) is 3.68. The molecule has 1 unspecified atom stereocenters. The molecule has 1 aromatic carbocycles. The maximum atomic E-state index is 13.1. The first-order valence-electron chi connectivity index (χ1n) is 10.0. The third-order valence-corrected chi connectivity index (χ3v) is 6.67. The Morgan fingerprint density at radius 3 is 2.73 bits per heavy atom. The highest BCUT2D eigenvalue weighted by Crippen LogP contribution is 2.43. The van der Waals surface area contributed by atoms with Gasteiger partial charge in [-0.25, -0.2) is 4.99 Å². The molecule has 2 aromatic rings. The Morgan fingerprint density at radius 1 is 1.33 bits per heavy atom. The van der Waals surface area contributed by atoms with E-state index < -0.39 is 5.54 Å². The van der Waals surface area contributed by atoms with Crippen LogP contribution in [0.15, 0.2) is 40.7 Å². The van der Waals surface area contributed by atoms with E-state index in [9.17, 15) is 10.1 Å². The van der Waals surface area contributed by atoms with Crippen LogP contribution >= 0.6 is 11.3 Å². The van der Waals surface area contributed by atoms with Crippen LogP contribution in [0.25, 0.3) is 11.1 Å². The van der Waals surface area contributed by atoms with E-state index in [0.717, 1.165) is 16.0 Å². The van der Waals surface area contributed by atoms with Gasteiger partial charge in [0.1, 0.15) is 5.54 Å². The molecule has 0 aliphatic carbocycles. The van der Waals surface area contributed by atoms with Crippen molar-refractivity contribution in [2.75, 3.05) is 13.6 Å². The molecule has 2 heterocycles. The van der Waals surface area contributed by atoms with E-state index in [1.165, 1.54) is 4.90 Å². The van der Waals surface area contributed by atoms with E-state index in [0.29, 0.717) is 18.5 Å². The summed E-state index contributed by atoms with van der Waals surface area (Å²) in [6.45, 7) is 9.03. The van der Waals surface area contributed by atoms with Gasteiger partial charge in [0.05, 0.1) is 17.6 Å². The molecule has 0 saturated carbocycles. The minimum absolute atomic E-state index is 0.0119. The fourth-order valence-corrected chi connectivity index (χ4v) is 4.80. The molecule has 0 fully saturated rings. The second-order valence-electron chi connectivity index (χ2n) is 8.93. The van der Waals surface area contributed by atoms with E-state index in [2.05, 4.69) is 43.6 Å². The van der Waals surface area contributed by atoms with E-state index in [4.69, 9.17) is 10.7 Å². The van der Waals surface area contributed by atoms with E-state index >= 15 is 0 Å². The van der Waals surface area contributed by atoms with Gasteiger partial charge in [0.2, 0.25) is 5.91 Å². The highest BCUT2D eigenvalue weighted by atomic mass is 32.1. The van der Waals surface area contributed by atoms with Gasteiger partial charge in [-0.3, -0.25) is 9.69 Å². The summed E-state index contributed by atoms with van der Waals surface area (Å²) >= 11 is 1.57. The molecule has 0 saturated heterocycles. The summed E-state index contributed by atoms with van der Waals surface area (Å²) in [6.07, 6.45) is 0.658. The minimum atomic E-state index is -0.733. The van der Waals surface area contributed by atoms with Crippen LogP contribution in [-0.2, 0) is 10.3 Å². The van der Waals surface area contributed by atoms with E-state index in [1.807, 2.05) is 25.1 Å². The fraction of sp³-hybridized carbons (Fsp3) is 0.435. The number of guanidine groups is 1. The van der Waals surface area contributed by atoms with Crippen LogP contribution in [0, 0.1) is 17.2 Å². The Labute approximate surface area is 182 Å². The van der Waals surface area contributed by atoms with Gasteiger partial charge in [-0.05, 0) is 75.4 Å². The lowest BCUT2D eigenvalue weighted by Gasteiger charge is -2.40. The topological polar surface area (TPSA) is 94.5 Å². The Hall–Kier alpha value is -2.69. The number of amides is 1. The molecule has 30 heavy (non-hydrogen) atoms. The number of carbonyl (C=O) groups excluding carboxylic acids is 1. The molecular formula is C23H29N5OS. The van der Waals surface area contributed by atoms with Crippen LogP contribution in [0.3, 0.4) is 0 Å². The maximum Gasteiger partial charge on any atom is 0.235 e. The SMILES string of the molecule is CN1C(=O)C(CCNC(C)(C)C)[C@@](C)(c2cc(-c3cccc(C#N)c3)cs2)N=C1N. The second kappa shape index (κ2) is 8.21. The molecule has 0 spiro atoms. The molecule has 6 nitrogen and oxygen atoms in total. The number of hydrogen-bond donors (Lipinski definition) is 2. The van der Waals surface area contributed by atoms with E-state index in [-0.39, 0.29) is 23.3 Å². The average molecular weight is 424 g/mol. The summed E-state index contributed by atoms with van der Waals surface area (Å²) in [5.74, 6) is -0.0901. The summed E-state index contributed by atoms with van der Waals surface area (Å²) < 4.78 is 0. The molecule has 1 aliphatic heterocycles. The van der Waals surface area contributed by atoms with Gasteiger partial charge in [0.15, 0.2) is 5.96 Å². The lowest BCUT2D eigenvalue weighted by atomic mass is 9.79. The van der Waals surface area contributed by atoms with Crippen molar-refractivity contribution in [2.45, 2.75) is 45.2 Å². The molecular weight excluding hydrogens is 394 g/mol. The summed E-state index contributed by atoms with van der Waals surface area (Å²) in [5.41, 5.74) is 7.96. The summed E-state index contributed by atoms with van der Waals surface area (Å²) in [4.78, 5) is 20.4. The van der Waals surface area contributed by atoms with Gasteiger partial charge in [-0.15, -0.1) is 11.3 Å². The van der Waals surface area contributed by atoms with Crippen molar-refractivity contribution in [1.29, 1.82) is 5.26 Å². The first-order valence-corrected chi connectivity index (χ1v) is 10.9. The molecule has 1 amide bonds. The number of rotatable bonds is 5. The number of hydrogen-bond acceptors (Lipinski definition) is 6. The molecule has 3 rings (SSSR count). The van der Waals surface area contributed by atoms with Crippen molar-refractivity contribution in [3.05, 3.63) is 46.2 Å². The van der Waals surface area contributed by atoms with Gasteiger partial charge in [0, 0.05) is 17.5 Å². The number of nitrogens with one attached hydrogen (secondary N) is 1. The van der Waals surface area contributed by atoms with Crippen LogP contribution in [0.4, 0.5) is 0 Å². The second-order valence-corrected chi connectivity index (χ2v) is 9.84. The van der Waals surface area contributed by atoms with Crippen molar-refractivity contribution in [3.63, 3.8) is 0 Å². The molecule has 3 N–H and O–H groups in total.